The smallest absolute Gasteiger partial charge is 0.306 e. The summed E-state index contributed by atoms with van der Waals surface area (Å²) in [5.74, 6) is -1.20. The molecule has 0 radical (unpaired) electrons. The highest BCUT2D eigenvalue weighted by molar-refractivity contribution is 5.94. The maximum atomic E-state index is 11.8. The Kier molecular flexibility index (Phi) is 2.68. The molecule has 0 aliphatic heterocycles. The van der Waals surface area contributed by atoms with Crippen LogP contribution in [-0.2, 0) is 4.79 Å². The number of amides is 1. The lowest BCUT2D eigenvalue weighted by atomic mass is 9.79. The van der Waals surface area contributed by atoms with Crippen LogP contribution < -0.4 is 0 Å². The highest BCUT2D eigenvalue weighted by atomic mass is 16.4. The number of rotatable bonds is 3. The van der Waals surface area contributed by atoms with Gasteiger partial charge in [0.2, 0.25) is 0 Å². The SMILES string of the molecule is CN(C(=O)c1ccoc1)C1CC(C(=O)O)C1. The number of carbonyl (C=O) groups excluding carboxylic acids is 1. The van der Waals surface area contributed by atoms with Crippen molar-refractivity contribution in [1.82, 2.24) is 4.90 Å². The first-order valence-electron chi connectivity index (χ1n) is 5.11. The zero-order valence-electron chi connectivity index (χ0n) is 8.92. The number of carboxylic acid groups (broad SMARTS) is 1. The molecule has 1 fully saturated rings. The van der Waals surface area contributed by atoms with E-state index in [1.807, 2.05) is 0 Å². The van der Waals surface area contributed by atoms with Gasteiger partial charge in [-0.2, -0.15) is 0 Å². The molecule has 1 amide bonds. The van der Waals surface area contributed by atoms with Gasteiger partial charge in [-0.1, -0.05) is 0 Å². The summed E-state index contributed by atoms with van der Waals surface area (Å²) in [4.78, 5) is 24.1. The van der Waals surface area contributed by atoms with Crippen molar-refractivity contribution in [3.63, 3.8) is 0 Å². The molecule has 1 aromatic heterocycles. The first-order chi connectivity index (χ1) is 7.59. The summed E-state index contributed by atoms with van der Waals surface area (Å²) in [5.41, 5.74) is 0.501. The Bertz CT molecular complexity index is 392. The maximum absolute atomic E-state index is 11.8. The Morgan fingerprint density at radius 3 is 2.69 bits per heavy atom. The van der Waals surface area contributed by atoms with Crippen molar-refractivity contribution in [2.24, 2.45) is 5.92 Å². The largest absolute Gasteiger partial charge is 0.481 e. The predicted molar refractivity (Wildman–Crippen MR) is 54.9 cm³/mol. The lowest BCUT2D eigenvalue weighted by Gasteiger charge is -2.38. The molecule has 2 rings (SSSR count). The van der Waals surface area contributed by atoms with E-state index >= 15 is 0 Å². The quantitative estimate of drug-likeness (QED) is 0.836. The Morgan fingerprint density at radius 1 is 1.50 bits per heavy atom. The van der Waals surface area contributed by atoms with E-state index in [-0.39, 0.29) is 17.9 Å². The van der Waals surface area contributed by atoms with Crippen LogP contribution in [-0.4, -0.2) is 35.0 Å². The van der Waals surface area contributed by atoms with Crippen LogP contribution in [0.1, 0.15) is 23.2 Å². The molecule has 0 aromatic carbocycles. The Labute approximate surface area is 92.7 Å². The summed E-state index contributed by atoms with van der Waals surface area (Å²) in [5, 5.41) is 8.74. The molecule has 16 heavy (non-hydrogen) atoms. The fourth-order valence-electron chi connectivity index (χ4n) is 1.86. The molecule has 5 nitrogen and oxygen atoms in total. The summed E-state index contributed by atoms with van der Waals surface area (Å²) in [6.45, 7) is 0. The summed E-state index contributed by atoms with van der Waals surface area (Å²) in [6, 6.07) is 1.63. The summed E-state index contributed by atoms with van der Waals surface area (Å²) >= 11 is 0. The van der Waals surface area contributed by atoms with Gasteiger partial charge in [-0.15, -0.1) is 0 Å². The van der Waals surface area contributed by atoms with Crippen LogP contribution in [0.5, 0.6) is 0 Å². The van der Waals surface area contributed by atoms with Crippen LogP contribution in [0, 0.1) is 5.92 Å². The molecule has 86 valence electrons. The second-order valence-electron chi connectivity index (χ2n) is 4.09. The first-order valence-corrected chi connectivity index (χ1v) is 5.11. The van der Waals surface area contributed by atoms with Crippen molar-refractivity contribution in [1.29, 1.82) is 0 Å². The third-order valence-corrected chi connectivity index (χ3v) is 3.10. The molecular formula is C11H13NO4. The van der Waals surface area contributed by atoms with E-state index in [0.717, 1.165) is 0 Å². The Morgan fingerprint density at radius 2 is 2.19 bits per heavy atom. The molecule has 0 bridgehead atoms. The molecular weight excluding hydrogens is 210 g/mol. The Balaban J connectivity index is 1.93. The second kappa shape index (κ2) is 4.00. The summed E-state index contributed by atoms with van der Waals surface area (Å²) in [6.07, 6.45) is 3.92. The number of furan rings is 1. The molecule has 0 spiro atoms. The second-order valence-corrected chi connectivity index (χ2v) is 4.09. The minimum absolute atomic E-state index is 0.0310. The fraction of sp³-hybridized carbons (Fsp3) is 0.455. The maximum Gasteiger partial charge on any atom is 0.306 e. The van der Waals surface area contributed by atoms with Crippen molar-refractivity contribution in [2.45, 2.75) is 18.9 Å². The number of carboxylic acids is 1. The number of aliphatic carboxylic acids is 1. The lowest BCUT2D eigenvalue weighted by Crippen LogP contribution is -2.47. The van der Waals surface area contributed by atoms with Crippen molar-refractivity contribution in [2.75, 3.05) is 7.05 Å². The molecule has 1 aliphatic rings. The predicted octanol–water partition coefficient (Wildman–Crippen LogP) is 1.21. The third-order valence-electron chi connectivity index (χ3n) is 3.10. The van der Waals surface area contributed by atoms with Crippen LogP contribution in [0.15, 0.2) is 23.0 Å². The molecule has 5 heteroatoms. The van der Waals surface area contributed by atoms with Gasteiger partial charge in [0.15, 0.2) is 0 Å². The summed E-state index contributed by atoms with van der Waals surface area (Å²) < 4.78 is 4.83. The van der Waals surface area contributed by atoms with Gasteiger partial charge in [0.1, 0.15) is 6.26 Å². The van der Waals surface area contributed by atoms with Gasteiger partial charge < -0.3 is 14.4 Å². The van der Waals surface area contributed by atoms with Crippen LogP contribution >= 0.6 is 0 Å². The van der Waals surface area contributed by atoms with Gasteiger partial charge in [0.25, 0.3) is 5.91 Å². The van der Waals surface area contributed by atoms with Gasteiger partial charge in [0, 0.05) is 13.1 Å². The molecule has 1 N–H and O–H groups in total. The highest BCUT2D eigenvalue weighted by Crippen LogP contribution is 2.31. The number of hydrogen-bond donors (Lipinski definition) is 1. The lowest BCUT2D eigenvalue weighted by molar-refractivity contribution is -0.146. The molecule has 1 heterocycles. The molecule has 1 aliphatic carbocycles. The van der Waals surface area contributed by atoms with E-state index in [0.29, 0.717) is 18.4 Å². The van der Waals surface area contributed by atoms with Crippen LogP contribution in [0.25, 0.3) is 0 Å². The van der Waals surface area contributed by atoms with Gasteiger partial charge in [0.05, 0.1) is 17.7 Å². The molecule has 0 saturated heterocycles. The topological polar surface area (TPSA) is 70.8 Å². The van der Waals surface area contributed by atoms with Gasteiger partial charge in [-0.05, 0) is 18.9 Å². The van der Waals surface area contributed by atoms with E-state index < -0.39 is 5.97 Å². The number of hydrogen-bond acceptors (Lipinski definition) is 3. The van der Waals surface area contributed by atoms with Crippen molar-refractivity contribution < 1.29 is 19.1 Å². The highest BCUT2D eigenvalue weighted by Gasteiger charge is 2.38. The van der Waals surface area contributed by atoms with E-state index in [1.54, 1.807) is 18.0 Å². The van der Waals surface area contributed by atoms with Gasteiger partial charge >= 0.3 is 5.97 Å². The number of carbonyl (C=O) groups is 2. The molecule has 1 saturated carbocycles. The van der Waals surface area contributed by atoms with E-state index in [9.17, 15) is 9.59 Å². The average Bonchev–Trinajstić information content (AvgIpc) is 2.65. The van der Waals surface area contributed by atoms with Gasteiger partial charge in [-0.25, -0.2) is 0 Å². The average molecular weight is 223 g/mol. The van der Waals surface area contributed by atoms with E-state index in [4.69, 9.17) is 9.52 Å². The normalized spacial score (nSPS) is 23.6. The fourth-order valence-corrected chi connectivity index (χ4v) is 1.86. The van der Waals surface area contributed by atoms with Gasteiger partial charge in [-0.3, -0.25) is 9.59 Å². The zero-order chi connectivity index (χ0) is 11.7. The van der Waals surface area contributed by atoms with Crippen LogP contribution in [0.4, 0.5) is 0 Å². The summed E-state index contributed by atoms with van der Waals surface area (Å²) in [7, 11) is 1.69. The van der Waals surface area contributed by atoms with Crippen molar-refractivity contribution >= 4 is 11.9 Å². The minimum atomic E-state index is -0.777. The monoisotopic (exact) mass is 223 g/mol. The van der Waals surface area contributed by atoms with Crippen LogP contribution in [0.3, 0.4) is 0 Å². The molecule has 0 atom stereocenters. The standard InChI is InChI=1S/C11H13NO4/c1-12(9-4-8(5-9)11(14)15)10(13)7-2-3-16-6-7/h2-3,6,8-9H,4-5H2,1H3,(H,14,15). The first kappa shape index (κ1) is 10.7. The number of nitrogens with zero attached hydrogens (tertiary/aromatic N) is 1. The third kappa shape index (κ3) is 1.80. The van der Waals surface area contributed by atoms with Crippen molar-refractivity contribution in [3.05, 3.63) is 24.2 Å². The Hall–Kier alpha value is -1.78. The molecule has 0 unspecified atom stereocenters. The van der Waals surface area contributed by atoms with E-state index in [1.165, 1.54) is 12.5 Å². The molecule has 1 aromatic rings. The van der Waals surface area contributed by atoms with Crippen molar-refractivity contribution in [3.8, 4) is 0 Å². The van der Waals surface area contributed by atoms with E-state index in [2.05, 4.69) is 0 Å². The zero-order valence-corrected chi connectivity index (χ0v) is 8.92. The minimum Gasteiger partial charge on any atom is -0.481 e. The van der Waals surface area contributed by atoms with Crippen LogP contribution in [0.2, 0.25) is 0 Å².